The lowest BCUT2D eigenvalue weighted by Crippen LogP contribution is -2.18. The summed E-state index contributed by atoms with van der Waals surface area (Å²) in [6, 6.07) is 41.3. The van der Waals surface area contributed by atoms with Crippen molar-refractivity contribution in [3.8, 4) is 28.6 Å². The molecule has 0 bridgehead atoms. The molecule has 7 aromatic rings. The number of nitrogens with zero attached hydrogens (tertiary/aromatic N) is 4. The van der Waals surface area contributed by atoms with Gasteiger partial charge in [-0.1, -0.05) is 100 Å². The smallest absolute Gasteiger partial charge is 0.0991 e. The summed E-state index contributed by atoms with van der Waals surface area (Å²) in [4.78, 5) is 2.47. The zero-order valence-electron chi connectivity index (χ0n) is 31.4. The van der Waals surface area contributed by atoms with Crippen LogP contribution in [-0.2, 0) is 0 Å². The molecule has 4 heteroatoms. The lowest BCUT2D eigenvalue weighted by molar-refractivity contribution is 0.506. The summed E-state index contributed by atoms with van der Waals surface area (Å²) in [5.41, 5.74) is 14.4. The summed E-state index contributed by atoms with van der Waals surface area (Å²) in [5.74, 6) is 0. The van der Waals surface area contributed by atoms with E-state index < -0.39 is 0 Å². The highest BCUT2D eigenvalue weighted by Gasteiger charge is 2.22. The molecule has 4 nitrogen and oxygen atoms in total. The van der Waals surface area contributed by atoms with Crippen molar-refractivity contribution in [1.82, 2.24) is 14.0 Å². The monoisotopic (exact) mass is 690 g/mol. The van der Waals surface area contributed by atoms with E-state index in [2.05, 4.69) is 163 Å². The van der Waals surface area contributed by atoms with Crippen LogP contribution < -0.4 is 0 Å². The fourth-order valence-corrected chi connectivity index (χ4v) is 7.88. The first kappa shape index (κ1) is 35.1. The predicted octanol–water partition coefficient (Wildman–Crippen LogP) is 13.2. The fourth-order valence-electron chi connectivity index (χ4n) is 7.88. The van der Waals surface area contributed by atoms with Crippen LogP contribution in [0.1, 0.15) is 62.9 Å². The highest BCUT2D eigenvalue weighted by molar-refractivity contribution is 6.10. The molecule has 53 heavy (non-hydrogen) atoms. The van der Waals surface area contributed by atoms with Crippen molar-refractivity contribution >= 4 is 44.5 Å². The summed E-state index contributed by atoms with van der Waals surface area (Å²) >= 11 is 0. The Bertz CT molecular complexity index is 2630. The zero-order chi connectivity index (χ0) is 37.1. The van der Waals surface area contributed by atoms with Crippen LogP contribution in [0.4, 0.5) is 0 Å². The van der Waals surface area contributed by atoms with E-state index in [0.717, 1.165) is 64.2 Å². The topological polar surface area (TPSA) is 36.9 Å². The van der Waals surface area contributed by atoms with Crippen molar-refractivity contribution in [2.24, 2.45) is 0 Å². The minimum absolute atomic E-state index is 0.650. The molecule has 0 atom stereocenters. The zero-order valence-corrected chi connectivity index (χ0v) is 31.4. The molecule has 8 rings (SSSR count). The Balaban J connectivity index is 0.00000214. The van der Waals surface area contributed by atoms with Crippen molar-refractivity contribution in [3.63, 3.8) is 0 Å². The van der Waals surface area contributed by atoms with Gasteiger partial charge in [0, 0.05) is 56.7 Å². The minimum Gasteiger partial charge on any atom is -0.345 e. The molecule has 0 N–H and O–H groups in total. The number of para-hydroxylation sites is 2. The van der Waals surface area contributed by atoms with E-state index in [1.54, 1.807) is 0 Å². The van der Waals surface area contributed by atoms with Crippen LogP contribution in [0.15, 0.2) is 146 Å². The van der Waals surface area contributed by atoms with E-state index >= 15 is 0 Å². The van der Waals surface area contributed by atoms with Gasteiger partial charge in [-0.15, -0.1) is 0 Å². The third-order valence-electron chi connectivity index (χ3n) is 10.3. The molecule has 0 fully saturated rings. The maximum atomic E-state index is 9.81. The van der Waals surface area contributed by atoms with Crippen LogP contribution in [0, 0.1) is 18.3 Å². The van der Waals surface area contributed by atoms with Gasteiger partial charge in [0.15, 0.2) is 0 Å². The molecule has 5 aromatic carbocycles. The van der Waals surface area contributed by atoms with Crippen LogP contribution >= 0.6 is 0 Å². The van der Waals surface area contributed by atoms with Gasteiger partial charge < -0.3 is 14.0 Å². The van der Waals surface area contributed by atoms with Gasteiger partial charge in [-0.05, 0) is 110 Å². The van der Waals surface area contributed by atoms with Gasteiger partial charge >= 0.3 is 0 Å². The van der Waals surface area contributed by atoms with Gasteiger partial charge in [-0.3, -0.25) is 0 Å². The Morgan fingerprint density at radius 3 is 2.21 bits per heavy atom. The highest BCUT2D eigenvalue weighted by atomic mass is 15.2. The first-order chi connectivity index (χ1) is 26.0. The highest BCUT2D eigenvalue weighted by Crippen LogP contribution is 2.39. The molecule has 3 heterocycles. The Morgan fingerprint density at radius 2 is 1.47 bits per heavy atom. The largest absolute Gasteiger partial charge is 0.345 e. The fraction of sp³-hybridized carbons (Fsp3) is 0.163. The number of hydrogen-bond acceptors (Lipinski definition) is 2. The van der Waals surface area contributed by atoms with E-state index in [1.807, 2.05) is 38.1 Å². The van der Waals surface area contributed by atoms with Gasteiger partial charge in [-0.25, -0.2) is 0 Å². The molecular weight excluding hydrogens is 645 g/mol. The van der Waals surface area contributed by atoms with Gasteiger partial charge in [0.1, 0.15) is 0 Å². The van der Waals surface area contributed by atoms with Crippen molar-refractivity contribution in [2.75, 3.05) is 6.54 Å². The second-order valence-corrected chi connectivity index (χ2v) is 13.1. The van der Waals surface area contributed by atoms with Gasteiger partial charge in [0.2, 0.25) is 0 Å². The van der Waals surface area contributed by atoms with E-state index in [9.17, 15) is 5.26 Å². The maximum absolute atomic E-state index is 9.81. The first-order valence-corrected chi connectivity index (χ1v) is 18.8. The SMILES string of the molecule is C=Cc1c(C)c2ccccc2n1-c1ccc2c3ccccc3n(-c3cc(C4=CCCN4/C(=C/C=C\C)CC)cc(-c4cccc(C#N)c4)c3)c2c1.CC. The van der Waals surface area contributed by atoms with Gasteiger partial charge in [0.25, 0.3) is 0 Å². The van der Waals surface area contributed by atoms with Crippen molar-refractivity contribution in [1.29, 1.82) is 5.26 Å². The molecule has 0 saturated heterocycles. The predicted molar refractivity (Wildman–Crippen MR) is 226 cm³/mol. The van der Waals surface area contributed by atoms with Crippen LogP contribution in [-0.4, -0.2) is 20.6 Å². The molecule has 1 aliphatic rings. The normalized spacial score (nSPS) is 13.1. The standard InChI is InChI=1S/C47H40N4.C2H6/c1-5-8-17-37(6-2)49-25-14-22-44(49)36-27-35(34-16-13-15-33(26-34)31-48)28-39(29-36)51-46-21-12-10-19-41(46)42-24-23-38(30-47(42)51)50-43(7-3)32(4)40-18-9-11-20-45(40)50;1-2/h5,7-13,15-24,26-30H,3,6,14,25H2,1-2,4H3;1-2H3/b8-5-,37-17+;. The number of benzene rings is 5. The Labute approximate surface area is 313 Å². The molecule has 0 saturated carbocycles. The second-order valence-electron chi connectivity index (χ2n) is 13.1. The third kappa shape index (κ3) is 6.19. The number of hydrogen-bond donors (Lipinski definition) is 0. The molecule has 2 aromatic heterocycles. The first-order valence-electron chi connectivity index (χ1n) is 18.8. The Morgan fingerprint density at radius 1 is 0.755 bits per heavy atom. The van der Waals surface area contributed by atoms with Gasteiger partial charge in [0.05, 0.1) is 28.2 Å². The summed E-state index contributed by atoms with van der Waals surface area (Å²) in [6.45, 7) is 15.6. The van der Waals surface area contributed by atoms with Crippen molar-refractivity contribution in [3.05, 3.63) is 168 Å². The van der Waals surface area contributed by atoms with E-state index in [4.69, 9.17) is 0 Å². The van der Waals surface area contributed by atoms with Crippen LogP contribution in [0.3, 0.4) is 0 Å². The van der Waals surface area contributed by atoms with E-state index in [-0.39, 0.29) is 0 Å². The molecule has 1 aliphatic heterocycles. The maximum Gasteiger partial charge on any atom is 0.0991 e. The number of allylic oxidation sites excluding steroid dienone is 4. The van der Waals surface area contributed by atoms with E-state index in [0.29, 0.717) is 5.56 Å². The van der Waals surface area contributed by atoms with Crippen LogP contribution in [0.2, 0.25) is 0 Å². The lowest BCUT2D eigenvalue weighted by Gasteiger charge is -2.26. The lowest BCUT2D eigenvalue weighted by atomic mass is 9.98. The minimum atomic E-state index is 0.650. The number of rotatable bonds is 8. The molecule has 262 valence electrons. The quantitative estimate of drug-likeness (QED) is 0.149. The van der Waals surface area contributed by atoms with Crippen LogP contribution in [0.5, 0.6) is 0 Å². The summed E-state index contributed by atoms with van der Waals surface area (Å²) in [7, 11) is 0. The third-order valence-corrected chi connectivity index (χ3v) is 10.3. The van der Waals surface area contributed by atoms with Crippen LogP contribution in [0.25, 0.3) is 67.0 Å². The van der Waals surface area contributed by atoms with E-state index in [1.165, 1.54) is 38.6 Å². The molecule has 0 amide bonds. The number of nitriles is 1. The average Bonchev–Trinajstić information content (AvgIpc) is 3.91. The number of aromatic nitrogens is 2. The Hall–Kier alpha value is -6.31. The summed E-state index contributed by atoms with van der Waals surface area (Å²) in [6.07, 6.45) is 12.7. The second kappa shape index (κ2) is 15.1. The molecule has 0 unspecified atom stereocenters. The summed E-state index contributed by atoms with van der Waals surface area (Å²) < 4.78 is 4.75. The molecular formula is C49H46N4. The molecule has 0 aliphatic carbocycles. The Kier molecular flexibility index (Phi) is 10.0. The number of aryl methyl sites for hydroxylation is 1. The van der Waals surface area contributed by atoms with Crippen molar-refractivity contribution < 1.29 is 0 Å². The van der Waals surface area contributed by atoms with Gasteiger partial charge in [-0.2, -0.15) is 5.26 Å². The number of fused-ring (bicyclic) bond motifs is 4. The van der Waals surface area contributed by atoms with Crippen molar-refractivity contribution in [2.45, 2.75) is 47.5 Å². The average molecular weight is 691 g/mol. The summed E-state index contributed by atoms with van der Waals surface area (Å²) in [5, 5.41) is 13.4. The molecule has 0 radical (unpaired) electrons. The molecule has 0 spiro atoms.